The van der Waals surface area contributed by atoms with Gasteiger partial charge in [0, 0.05) is 44.7 Å². The quantitative estimate of drug-likeness (QED) is 0.472. The third-order valence-electron chi connectivity index (χ3n) is 9.66. The van der Waals surface area contributed by atoms with Crippen molar-refractivity contribution in [2.75, 3.05) is 20.7 Å². The molecule has 9 heteroatoms. The maximum Gasteiger partial charge on any atom is 0.327 e. The van der Waals surface area contributed by atoms with Gasteiger partial charge in [-0.25, -0.2) is 4.79 Å². The van der Waals surface area contributed by atoms with Crippen molar-refractivity contribution in [2.24, 2.45) is 5.92 Å². The summed E-state index contributed by atoms with van der Waals surface area (Å²) in [6.07, 6.45) is 8.21. The lowest BCUT2D eigenvalue weighted by Gasteiger charge is -2.48. The average Bonchev–Trinajstić information content (AvgIpc) is 3.27. The number of imide groups is 1. The van der Waals surface area contributed by atoms with E-state index in [-0.39, 0.29) is 66.4 Å². The van der Waals surface area contributed by atoms with E-state index in [9.17, 15) is 14.4 Å². The Hall–Kier alpha value is -2.16. The van der Waals surface area contributed by atoms with Crippen LogP contribution in [0.3, 0.4) is 0 Å². The number of urea groups is 1. The number of nitrogens with zero attached hydrogens (tertiary/aromatic N) is 3. The first-order valence-corrected chi connectivity index (χ1v) is 14.5. The Balaban J connectivity index is 0.00000353. The number of carbonyl (C=O) groups excluding carboxylic acids is 3. The molecule has 0 radical (unpaired) electrons. The number of hydrogen-bond donors (Lipinski definition) is 1. The van der Waals surface area contributed by atoms with Gasteiger partial charge < -0.3 is 15.0 Å². The number of likely N-dealkylation sites (N-methyl/N-ethyl adjacent to an activating group) is 1. The van der Waals surface area contributed by atoms with E-state index >= 15 is 0 Å². The third-order valence-corrected chi connectivity index (χ3v) is 9.66. The molecule has 2 unspecified atom stereocenters. The topological polar surface area (TPSA) is 82.2 Å². The highest BCUT2D eigenvalue weighted by atomic mass is 35.5. The maximum atomic E-state index is 13.4. The monoisotopic (exact) mass is 560 g/mol. The third kappa shape index (κ3) is 5.57. The molecule has 1 aromatic carbocycles. The van der Waals surface area contributed by atoms with Crippen molar-refractivity contribution in [1.29, 1.82) is 0 Å². The Labute approximate surface area is 239 Å². The molecule has 5 rings (SSSR count). The molecule has 1 spiro atoms. The highest BCUT2D eigenvalue weighted by Gasteiger charge is 2.62. The Morgan fingerprint density at radius 1 is 1.03 bits per heavy atom. The lowest BCUT2D eigenvalue weighted by atomic mass is 9.80. The summed E-state index contributed by atoms with van der Waals surface area (Å²) in [5.41, 5.74) is 0.424. The molecule has 2 bridgehead atoms. The molecule has 1 saturated carbocycles. The number of fused-ring (bicyclic) bond motifs is 2. The van der Waals surface area contributed by atoms with Gasteiger partial charge in [-0.3, -0.25) is 19.4 Å². The molecular formula is C30H45ClN4O4. The van der Waals surface area contributed by atoms with Gasteiger partial charge in [0.15, 0.2) is 0 Å². The Morgan fingerprint density at radius 3 is 2.21 bits per heavy atom. The van der Waals surface area contributed by atoms with E-state index in [0.29, 0.717) is 12.8 Å². The molecular weight excluding hydrogens is 516 g/mol. The van der Waals surface area contributed by atoms with Crippen molar-refractivity contribution in [2.45, 2.75) is 107 Å². The van der Waals surface area contributed by atoms with Gasteiger partial charge in [0.05, 0.1) is 12.1 Å². The standard InChI is InChI=1S/C30H44N4O4.ClH/c1-20(2)34-29(37)32(3)28(36)30(34)18-23-12-13-24(19-30)33(23)17-16-26(21-8-6-5-7-9-21)31-27(35)22-10-14-25(38-4)15-11-22;/h5-9,20,22-26H,10-19H2,1-4H3,(H,31,35);1H/t22?,23?,24?,25?,26-,30?;/m0./s1. The number of ether oxygens (including phenoxy) is 1. The molecule has 4 aliphatic rings. The second-order valence-electron chi connectivity index (χ2n) is 12.1. The number of rotatable bonds is 8. The largest absolute Gasteiger partial charge is 0.381 e. The summed E-state index contributed by atoms with van der Waals surface area (Å²) in [6, 6.07) is 10.6. The summed E-state index contributed by atoms with van der Waals surface area (Å²) in [5, 5.41) is 3.39. The predicted molar refractivity (Wildman–Crippen MR) is 153 cm³/mol. The van der Waals surface area contributed by atoms with Crippen molar-refractivity contribution in [3.8, 4) is 0 Å². The molecule has 39 heavy (non-hydrogen) atoms. The van der Waals surface area contributed by atoms with Gasteiger partial charge in [-0.15, -0.1) is 12.4 Å². The van der Waals surface area contributed by atoms with Gasteiger partial charge in [-0.05, 0) is 77.2 Å². The van der Waals surface area contributed by atoms with Crippen LogP contribution in [-0.4, -0.2) is 83.0 Å². The van der Waals surface area contributed by atoms with Crippen LogP contribution in [0.4, 0.5) is 4.79 Å². The molecule has 216 valence electrons. The van der Waals surface area contributed by atoms with Crippen LogP contribution in [-0.2, 0) is 14.3 Å². The van der Waals surface area contributed by atoms with Crippen LogP contribution < -0.4 is 5.32 Å². The van der Waals surface area contributed by atoms with Crippen LogP contribution in [0.2, 0.25) is 0 Å². The Morgan fingerprint density at radius 2 is 1.64 bits per heavy atom. The summed E-state index contributed by atoms with van der Waals surface area (Å²) in [7, 11) is 3.38. The van der Waals surface area contributed by atoms with Crippen molar-refractivity contribution in [3.63, 3.8) is 0 Å². The van der Waals surface area contributed by atoms with E-state index in [1.807, 2.05) is 36.9 Å². The van der Waals surface area contributed by atoms with Crippen molar-refractivity contribution in [3.05, 3.63) is 35.9 Å². The van der Waals surface area contributed by atoms with Crippen molar-refractivity contribution < 1.29 is 19.1 Å². The van der Waals surface area contributed by atoms with Gasteiger partial charge in [-0.1, -0.05) is 30.3 Å². The number of hydrogen-bond acceptors (Lipinski definition) is 5. The Kier molecular flexibility index (Phi) is 9.29. The zero-order valence-electron chi connectivity index (χ0n) is 23.8. The van der Waals surface area contributed by atoms with Crippen LogP contribution in [0.5, 0.6) is 0 Å². The van der Waals surface area contributed by atoms with Gasteiger partial charge >= 0.3 is 6.03 Å². The van der Waals surface area contributed by atoms with Gasteiger partial charge in [0.2, 0.25) is 5.91 Å². The minimum Gasteiger partial charge on any atom is -0.381 e. The number of nitrogens with one attached hydrogen (secondary N) is 1. The summed E-state index contributed by atoms with van der Waals surface area (Å²) in [6.45, 7) is 4.88. The van der Waals surface area contributed by atoms with Crippen molar-refractivity contribution in [1.82, 2.24) is 20.0 Å². The summed E-state index contributed by atoms with van der Waals surface area (Å²) in [4.78, 5) is 45.4. The highest BCUT2D eigenvalue weighted by molar-refractivity contribution is 6.07. The number of amides is 4. The molecule has 8 nitrogen and oxygen atoms in total. The second kappa shape index (κ2) is 12.1. The molecule has 1 aliphatic carbocycles. The first-order chi connectivity index (χ1) is 18.2. The number of carbonyl (C=O) groups is 3. The normalized spacial score (nSPS) is 31.6. The first-order valence-electron chi connectivity index (χ1n) is 14.5. The van der Waals surface area contributed by atoms with E-state index in [0.717, 1.165) is 57.1 Å². The fraction of sp³-hybridized carbons (Fsp3) is 0.700. The molecule has 0 aromatic heterocycles. The summed E-state index contributed by atoms with van der Waals surface area (Å²) < 4.78 is 5.49. The second-order valence-corrected chi connectivity index (χ2v) is 12.1. The summed E-state index contributed by atoms with van der Waals surface area (Å²) in [5.74, 6) is 0.161. The van der Waals surface area contributed by atoms with Crippen LogP contribution in [0.15, 0.2) is 30.3 Å². The zero-order chi connectivity index (χ0) is 27.0. The van der Waals surface area contributed by atoms with E-state index in [4.69, 9.17) is 4.74 Å². The molecule has 1 aromatic rings. The van der Waals surface area contributed by atoms with Crippen molar-refractivity contribution >= 4 is 30.3 Å². The van der Waals surface area contributed by atoms with E-state index in [1.54, 1.807) is 14.2 Å². The molecule has 3 saturated heterocycles. The van der Waals surface area contributed by atoms with Crippen LogP contribution in [0.25, 0.3) is 0 Å². The maximum absolute atomic E-state index is 13.4. The van der Waals surface area contributed by atoms with Gasteiger partial charge in [0.25, 0.3) is 5.91 Å². The fourth-order valence-corrected chi connectivity index (χ4v) is 7.75. The minimum absolute atomic E-state index is 0. The molecule has 1 N–H and O–H groups in total. The predicted octanol–water partition coefficient (Wildman–Crippen LogP) is 4.53. The number of benzene rings is 1. The number of piperidine rings is 1. The van der Waals surface area contributed by atoms with Crippen LogP contribution >= 0.6 is 12.4 Å². The molecule has 3 heterocycles. The van der Waals surface area contributed by atoms with E-state index in [2.05, 4.69) is 22.3 Å². The number of methoxy groups -OCH3 is 1. The Bertz CT molecular complexity index is 1020. The molecule has 3 atom stereocenters. The molecule has 3 aliphatic heterocycles. The smallest absolute Gasteiger partial charge is 0.327 e. The SMILES string of the molecule is COC1CCC(C(=O)N[C@@H](CCN2C3CCC2CC2(C3)C(=O)N(C)C(=O)N2C(C)C)c2ccccc2)CC1.Cl. The fourth-order valence-electron chi connectivity index (χ4n) is 7.75. The zero-order valence-corrected chi connectivity index (χ0v) is 24.6. The van der Waals surface area contributed by atoms with Crippen LogP contribution in [0, 0.1) is 5.92 Å². The van der Waals surface area contributed by atoms with E-state index < -0.39 is 5.54 Å². The molecule has 4 fully saturated rings. The highest BCUT2D eigenvalue weighted by Crippen LogP contribution is 2.48. The van der Waals surface area contributed by atoms with Gasteiger partial charge in [-0.2, -0.15) is 0 Å². The lowest BCUT2D eigenvalue weighted by Crippen LogP contribution is -2.61. The number of halogens is 1. The molecule has 4 amide bonds. The van der Waals surface area contributed by atoms with Crippen LogP contribution in [0.1, 0.15) is 83.2 Å². The van der Waals surface area contributed by atoms with E-state index in [1.165, 1.54) is 4.90 Å². The average molecular weight is 561 g/mol. The summed E-state index contributed by atoms with van der Waals surface area (Å²) >= 11 is 0. The van der Waals surface area contributed by atoms with Gasteiger partial charge in [0.1, 0.15) is 5.54 Å². The first kappa shape index (κ1) is 29.8. The minimum atomic E-state index is -0.712. The lowest BCUT2D eigenvalue weighted by molar-refractivity contribution is -0.137.